The molecule has 0 amide bonds. The Morgan fingerprint density at radius 2 is 1.95 bits per heavy atom. The van der Waals surface area contributed by atoms with Gasteiger partial charge in [0.05, 0.1) is 5.41 Å². The Kier molecular flexibility index (Phi) is 3.81. The summed E-state index contributed by atoms with van der Waals surface area (Å²) in [7, 11) is 0. The van der Waals surface area contributed by atoms with Crippen LogP contribution in [0.15, 0.2) is 24.3 Å². The highest BCUT2D eigenvalue weighted by Gasteiger charge is 2.51. The molecule has 118 valence electrons. The highest BCUT2D eigenvalue weighted by molar-refractivity contribution is 6.02. The summed E-state index contributed by atoms with van der Waals surface area (Å²) in [6, 6.07) is 7.90. The SMILES string of the molecule is CC1(CCCC2(C(=O)ON)CC2)CCc2ccccc2C1=O. The van der Waals surface area contributed by atoms with Crippen molar-refractivity contribution in [1.82, 2.24) is 0 Å². The fraction of sp³-hybridized carbons (Fsp3) is 0.556. The highest BCUT2D eigenvalue weighted by Crippen LogP contribution is 2.51. The Balaban J connectivity index is 1.64. The molecule has 0 heterocycles. The second-order valence-corrected chi connectivity index (χ2v) is 7.09. The lowest BCUT2D eigenvalue weighted by Gasteiger charge is -2.33. The molecule has 2 N–H and O–H groups in total. The summed E-state index contributed by atoms with van der Waals surface area (Å²) in [4.78, 5) is 28.9. The van der Waals surface area contributed by atoms with E-state index < -0.39 is 0 Å². The zero-order valence-corrected chi connectivity index (χ0v) is 13.1. The fourth-order valence-corrected chi connectivity index (χ4v) is 3.70. The van der Waals surface area contributed by atoms with Crippen LogP contribution in [0.1, 0.15) is 61.4 Å². The third kappa shape index (κ3) is 2.56. The lowest BCUT2D eigenvalue weighted by atomic mass is 9.69. The van der Waals surface area contributed by atoms with E-state index in [1.807, 2.05) is 24.3 Å². The van der Waals surface area contributed by atoms with Crippen LogP contribution in [0.25, 0.3) is 0 Å². The van der Waals surface area contributed by atoms with E-state index in [1.165, 1.54) is 0 Å². The zero-order chi connectivity index (χ0) is 15.8. The van der Waals surface area contributed by atoms with Crippen molar-refractivity contribution in [3.05, 3.63) is 35.4 Å². The molecule has 0 aliphatic heterocycles. The number of fused-ring (bicyclic) bond motifs is 1. The summed E-state index contributed by atoms with van der Waals surface area (Å²) in [6.45, 7) is 2.06. The average molecular weight is 301 g/mol. The van der Waals surface area contributed by atoms with Crippen LogP contribution in [0.5, 0.6) is 0 Å². The van der Waals surface area contributed by atoms with E-state index in [0.29, 0.717) is 0 Å². The maximum atomic E-state index is 12.8. The van der Waals surface area contributed by atoms with Crippen LogP contribution >= 0.6 is 0 Å². The van der Waals surface area contributed by atoms with Crippen molar-refractivity contribution in [2.45, 2.75) is 51.9 Å². The van der Waals surface area contributed by atoms with Crippen molar-refractivity contribution >= 4 is 11.8 Å². The second kappa shape index (κ2) is 5.51. The van der Waals surface area contributed by atoms with E-state index >= 15 is 0 Å². The minimum absolute atomic E-state index is 0.251. The Labute approximate surface area is 131 Å². The summed E-state index contributed by atoms with van der Waals surface area (Å²) in [6.07, 6.45) is 6.01. The van der Waals surface area contributed by atoms with Gasteiger partial charge in [-0.3, -0.25) is 4.79 Å². The summed E-state index contributed by atoms with van der Waals surface area (Å²) >= 11 is 0. The van der Waals surface area contributed by atoms with Crippen LogP contribution in [-0.4, -0.2) is 11.8 Å². The number of benzene rings is 1. The average Bonchev–Trinajstić information content (AvgIpc) is 3.32. The normalized spacial score (nSPS) is 25.5. The van der Waals surface area contributed by atoms with E-state index in [-0.39, 0.29) is 22.6 Å². The van der Waals surface area contributed by atoms with Crippen molar-refractivity contribution in [2.75, 3.05) is 0 Å². The van der Waals surface area contributed by atoms with Gasteiger partial charge in [0.15, 0.2) is 5.78 Å². The molecule has 2 aliphatic rings. The predicted octanol–water partition coefficient (Wildman–Crippen LogP) is 3.19. The molecule has 1 fully saturated rings. The van der Waals surface area contributed by atoms with Crippen molar-refractivity contribution in [2.24, 2.45) is 16.7 Å². The second-order valence-electron chi connectivity index (χ2n) is 7.09. The topological polar surface area (TPSA) is 69.4 Å². The van der Waals surface area contributed by atoms with Gasteiger partial charge >= 0.3 is 5.97 Å². The van der Waals surface area contributed by atoms with Crippen molar-refractivity contribution in [3.8, 4) is 0 Å². The molecule has 1 aromatic carbocycles. The first-order valence-corrected chi connectivity index (χ1v) is 8.05. The van der Waals surface area contributed by atoms with Gasteiger partial charge in [-0.25, -0.2) is 4.79 Å². The van der Waals surface area contributed by atoms with Crippen LogP contribution in [0, 0.1) is 10.8 Å². The number of carbonyl (C=O) groups excluding carboxylic acids is 2. The molecule has 1 saturated carbocycles. The minimum atomic E-state index is -0.360. The molecule has 1 aromatic rings. The number of Topliss-reactive ketones (excluding diaryl/α,β-unsaturated/α-hetero) is 1. The largest absolute Gasteiger partial charge is 0.373 e. The van der Waals surface area contributed by atoms with E-state index in [0.717, 1.165) is 56.1 Å². The van der Waals surface area contributed by atoms with Gasteiger partial charge in [-0.1, -0.05) is 37.6 Å². The Morgan fingerprint density at radius 3 is 2.64 bits per heavy atom. The van der Waals surface area contributed by atoms with Crippen LogP contribution < -0.4 is 5.90 Å². The molecule has 1 atom stereocenters. The Hall–Kier alpha value is -1.68. The van der Waals surface area contributed by atoms with Crippen molar-refractivity contribution < 1.29 is 14.4 Å². The van der Waals surface area contributed by atoms with Crippen LogP contribution in [0.4, 0.5) is 0 Å². The van der Waals surface area contributed by atoms with Crippen molar-refractivity contribution in [3.63, 3.8) is 0 Å². The summed E-state index contributed by atoms with van der Waals surface area (Å²) in [5.74, 6) is 4.97. The smallest absolute Gasteiger partial charge is 0.330 e. The van der Waals surface area contributed by atoms with Gasteiger partial charge in [0, 0.05) is 11.0 Å². The molecule has 0 saturated heterocycles. The zero-order valence-electron chi connectivity index (χ0n) is 13.1. The third-order valence-corrected chi connectivity index (χ3v) is 5.53. The van der Waals surface area contributed by atoms with Gasteiger partial charge < -0.3 is 4.84 Å². The maximum Gasteiger partial charge on any atom is 0.330 e. The van der Waals surface area contributed by atoms with Gasteiger partial charge in [0.25, 0.3) is 0 Å². The van der Waals surface area contributed by atoms with Gasteiger partial charge in [-0.05, 0) is 44.1 Å². The first-order chi connectivity index (χ1) is 10.5. The number of rotatable bonds is 5. The lowest BCUT2D eigenvalue weighted by Crippen LogP contribution is -2.33. The molecule has 4 heteroatoms. The number of nitrogens with two attached hydrogens (primary N) is 1. The van der Waals surface area contributed by atoms with Crippen LogP contribution in [-0.2, 0) is 16.1 Å². The Bertz CT molecular complexity index is 606. The lowest BCUT2D eigenvalue weighted by molar-refractivity contribution is -0.151. The maximum absolute atomic E-state index is 12.8. The van der Waals surface area contributed by atoms with Crippen LogP contribution in [0.3, 0.4) is 0 Å². The summed E-state index contributed by atoms with van der Waals surface area (Å²) in [5, 5.41) is 0. The first kappa shape index (κ1) is 15.2. The molecule has 0 radical (unpaired) electrons. The molecule has 0 spiro atoms. The van der Waals surface area contributed by atoms with E-state index in [4.69, 9.17) is 5.90 Å². The predicted molar refractivity (Wildman–Crippen MR) is 83.0 cm³/mol. The molecule has 0 bridgehead atoms. The van der Waals surface area contributed by atoms with Crippen molar-refractivity contribution in [1.29, 1.82) is 0 Å². The monoisotopic (exact) mass is 301 g/mol. The molecule has 0 aromatic heterocycles. The van der Waals surface area contributed by atoms with Gasteiger partial charge in [-0.15, -0.1) is 0 Å². The fourth-order valence-electron chi connectivity index (χ4n) is 3.70. The molecular weight excluding hydrogens is 278 g/mol. The molecule has 3 rings (SSSR count). The van der Waals surface area contributed by atoms with Gasteiger partial charge in [-0.2, -0.15) is 5.90 Å². The molecule has 4 nitrogen and oxygen atoms in total. The molecular formula is C18H23NO3. The quantitative estimate of drug-likeness (QED) is 0.848. The molecule has 1 unspecified atom stereocenters. The first-order valence-electron chi connectivity index (χ1n) is 8.05. The third-order valence-electron chi connectivity index (χ3n) is 5.53. The summed E-state index contributed by atoms with van der Waals surface area (Å²) < 4.78 is 0. The van der Waals surface area contributed by atoms with Gasteiger partial charge in [0.1, 0.15) is 0 Å². The van der Waals surface area contributed by atoms with Crippen LogP contribution in [0.2, 0.25) is 0 Å². The molecule has 22 heavy (non-hydrogen) atoms. The molecule has 2 aliphatic carbocycles. The van der Waals surface area contributed by atoms with Gasteiger partial charge in [0.2, 0.25) is 0 Å². The number of aryl methyl sites for hydroxylation is 1. The van der Waals surface area contributed by atoms with E-state index in [9.17, 15) is 9.59 Å². The minimum Gasteiger partial charge on any atom is -0.373 e. The number of carbonyl (C=O) groups is 2. The highest BCUT2D eigenvalue weighted by atomic mass is 16.7. The summed E-state index contributed by atoms with van der Waals surface area (Å²) in [5.41, 5.74) is 1.37. The number of hydrogen-bond donors (Lipinski definition) is 1. The van der Waals surface area contributed by atoms with E-state index in [2.05, 4.69) is 11.8 Å². The van der Waals surface area contributed by atoms with E-state index in [1.54, 1.807) is 0 Å². The standard InChI is InChI=1S/C18H23NO3/c1-17(8-4-9-18(11-12-18)16(21)22-19)10-7-13-5-2-3-6-14(13)15(17)20/h2-3,5-6H,4,7-12,19H2,1H3. The Morgan fingerprint density at radius 1 is 1.23 bits per heavy atom. The number of ketones is 1. The number of hydrogen-bond acceptors (Lipinski definition) is 4.